The number of amides is 3. The minimum atomic E-state index is -0.383. The highest BCUT2D eigenvalue weighted by Crippen LogP contribution is 2.56. The molecule has 5 rings (SSSR count). The van der Waals surface area contributed by atoms with Crippen molar-refractivity contribution in [3.63, 3.8) is 0 Å². The first-order chi connectivity index (χ1) is 14.4. The smallest absolute Gasteiger partial charge is 0.257 e. The predicted molar refractivity (Wildman–Crippen MR) is 115 cm³/mol. The summed E-state index contributed by atoms with van der Waals surface area (Å²) in [5, 5.41) is 3.42. The SMILES string of the molecule is CC1=C[C@H]2C[C@H]1[C@H]1C(=O)N(c3ccccc3C(=O)Nc3cccc(Cl)c3C)C(=O)[C@H]12. The van der Waals surface area contributed by atoms with Crippen molar-refractivity contribution in [3.8, 4) is 0 Å². The van der Waals surface area contributed by atoms with Gasteiger partial charge in [0.15, 0.2) is 0 Å². The van der Waals surface area contributed by atoms with E-state index in [0.29, 0.717) is 16.4 Å². The number of nitrogens with one attached hydrogen (secondary N) is 1. The Morgan fingerprint density at radius 1 is 1.03 bits per heavy atom. The molecule has 0 spiro atoms. The molecule has 152 valence electrons. The number of rotatable bonds is 3. The number of benzene rings is 2. The van der Waals surface area contributed by atoms with Crippen LogP contribution in [0.15, 0.2) is 54.1 Å². The second-order valence-electron chi connectivity index (χ2n) is 8.36. The maximum atomic E-state index is 13.3. The van der Waals surface area contributed by atoms with Crippen molar-refractivity contribution in [2.24, 2.45) is 23.7 Å². The molecular formula is C24H21ClN2O3. The lowest BCUT2D eigenvalue weighted by Gasteiger charge is -2.21. The van der Waals surface area contributed by atoms with Gasteiger partial charge in [0.1, 0.15) is 0 Å². The van der Waals surface area contributed by atoms with E-state index < -0.39 is 0 Å². The first-order valence-electron chi connectivity index (χ1n) is 10.1. The van der Waals surface area contributed by atoms with Gasteiger partial charge in [-0.15, -0.1) is 0 Å². The second-order valence-corrected chi connectivity index (χ2v) is 8.77. The van der Waals surface area contributed by atoms with Crippen LogP contribution in [0.5, 0.6) is 0 Å². The Morgan fingerprint density at radius 2 is 1.77 bits per heavy atom. The number of anilines is 2. The summed E-state index contributed by atoms with van der Waals surface area (Å²) in [6.07, 6.45) is 3.02. The van der Waals surface area contributed by atoms with Crippen molar-refractivity contribution in [1.82, 2.24) is 0 Å². The van der Waals surface area contributed by atoms with Gasteiger partial charge in [-0.25, -0.2) is 4.90 Å². The van der Waals surface area contributed by atoms with Crippen molar-refractivity contribution < 1.29 is 14.4 Å². The highest BCUT2D eigenvalue weighted by Gasteiger charge is 2.61. The summed E-state index contributed by atoms with van der Waals surface area (Å²) in [6, 6.07) is 12.1. The van der Waals surface area contributed by atoms with Gasteiger partial charge in [0.2, 0.25) is 11.8 Å². The number of carbonyl (C=O) groups excluding carboxylic acids is 3. The molecule has 1 N–H and O–H groups in total. The Kier molecular flexibility index (Phi) is 4.33. The first-order valence-corrected chi connectivity index (χ1v) is 10.5. The van der Waals surface area contributed by atoms with Gasteiger partial charge in [-0.2, -0.15) is 0 Å². The van der Waals surface area contributed by atoms with Crippen LogP contribution in [-0.2, 0) is 9.59 Å². The van der Waals surface area contributed by atoms with Gasteiger partial charge in [0.05, 0.1) is 23.1 Å². The normalized spacial score (nSPS) is 26.8. The topological polar surface area (TPSA) is 66.5 Å². The molecule has 2 fully saturated rings. The Labute approximate surface area is 179 Å². The van der Waals surface area contributed by atoms with Crippen LogP contribution in [0.3, 0.4) is 0 Å². The van der Waals surface area contributed by atoms with Crippen LogP contribution in [0.2, 0.25) is 5.02 Å². The molecule has 5 nitrogen and oxygen atoms in total. The molecule has 0 radical (unpaired) electrons. The third-order valence-electron chi connectivity index (χ3n) is 6.79. The van der Waals surface area contributed by atoms with Crippen LogP contribution in [-0.4, -0.2) is 17.7 Å². The van der Waals surface area contributed by atoms with Crippen molar-refractivity contribution in [3.05, 3.63) is 70.3 Å². The molecule has 30 heavy (non-hydrogen) atoms. The van der Waals surface area contributed by atoms with Crippen molar-refractivity contribution in [2.45, 2.75) is 20.3 Å². The van der Waals surface area contributed by atoms with Gasteiger partial charge in [-0.3, -0.25) is 14.4 Å². The zero-order valence-corrected chi connectivity index (χ0v) is 17.4. The van der Waals surface area contributed by atoms with Gasteiger partial charge in [0.25, 0.3) is 5.91 Å². The summed E-state index contributed by atoms with van der Waals surface area (Å²) in [6.45, 7) is 3.86. The Hall–Kier alpha value is -2.92. The van der Waals surface area contributed by atoms with Crippen LogP contribution in [0, 0.1) is 30.6 Å². The third-order valence-corrected chi connectivity index (χ3v) is 7.20. The molecule has 3 aliphatic rings. The highest BCUT2D eigenvalue weighted by atomic mass is 35.5. The molecule has 0 aromatic heterocycles. The molecular weight excluding hydrogens is 400 g/mol. The number of hydrogen-bond donors (Lipinski definition) is 1. The summed E-state index contributed by atoms with van der Waals surface area (Å²) in [5.74, 6) is -1.13. The molecule has 2 bridgehead atoms. The van der Waals surface area contributed by atoms with Crippen LogP contribution in [0.1, 0.15) is 29.3 Å². The summed E-state index contributed by atoms with van der Waals surface area (Å²) in [5.41, 5.74) is 3.18. The number of fused-ring (bicyclic) bond motifs is 5. The van der Waals surface area contributed by atoms with E-state index in [4.69, 9.17) is 11.6 Å². The maximum absolute atomic E-state index is 13.3. The number of halogens is 1. The average molecular weight is 421 g/mol. The van der Waals surface area contributed by atoms with Crippen molar-refractivity contribution >= 4 is 40.7 Å². The fourth-order valence-electron chi connectivity index (χ4n) is 5.30. The van der Waals surface area contributed by atoms with Gasteiger partial charge in [0, 0.05) is 10.7 Å². The molecule has 1 heterocycles. The summed E-state index contributed by atoms with van der Waals surface area (Å²) < 4.78 is 0. The molecule has 4 atom stereocenters. The monoisotopic (exact) mass is 420 g/mol. The molecule has 2 aliphatic carbocycles. The molecule has 3 amide bonds. The third kappa shape index (κ3) is 2.65. The lowest BCUT2D eigenvalue weighted by atomic mass is 9.82. The fraction of sp³-hybridized carbons (Fsp3) is 0.292. The van der Waals surface area contributed by atoms with E-state index in [1.54, 1.807) is 42.5 Å². The average Bonchev–Trinajstić information content (AvgIpc) is 3.36. The van der Waals surface area contributed by atoms with E-state index in [1.807, 2.05) is 13.8 Å². The van der Waals surface area contributed by atoms with Gasteiger partial charge in [-0.1, -0.05) is 41.4 Å². The number of hydrogen-bond acceptors (Lipinski definition) is 3. The lowest BCUT2D eigenvalue weighted by Crippen LogP contribution is -2.34. The largest absolute Gasteiger partial charge is 0.322 e. The zero-order chi connectivity index (χ0) is 21.2. The highest BCUT2D eigenvalue weighted by molar-refractivity contribution is 6.32. The number of para-hydroxylation sites is 1. The van der Waals surface area contributed by atoms with E-state index in [0.717, 1.165) is 12.0 Å². The molecule has 2 aromatic rings. The van der Waals surface area contributed by atoms with Crippen molar-refractivity contribution in [1.29, 1.82) is 0 Å². The number of nitrogens with zero attached hydrogens (tertiary/aromatic N) is 1. The van der Waals surface area contributed by atoms with E-state index in [9.17, 15) is 14.4 Å². The van der Waals surface area contributed by atoms with Gasteiger partial charge < -0.3 is 5.32 Å². The summed E-state index contributed by atoms with van der Waals surface area (Å²) in [7, 11) is 0. The second kappa shape index (κ2) is 6.81. The molecule has 6 heteroatoms. The standard InChI is InChI=1S/C24H21ClN2O3/c1-12-10-14-11-16(12)21-20(14)23(29)27(24(21)30)19-9-4-3-6-15(19)22(28)26-18-8-5-7-17(25)13(18)2/h3-10,14,16,20-21H,11H2,1-2H3,(H,26,28)/t14-,16+,20-,21+/m0/s1. The van der Waals surface area contributed by atoms with Crippen LogP contribution >= 0.6 is 11.6 Å². The fourth-order valence-corrected chi connectivity index (χ4v) is 5.48. The van der Waals surface area contributed by atoms with Crippen LogP contribution in [0.25, 0.3) is 0 Å². The lowest BCUT2D eigenvalue weighted by molar-refractivity contribution is -0.123. The van der Waals surface area contributed by atoms with E-state index in [2.05, 4.69) is 11.4 Å². The molecule has 0 unspecified atom stereocenters. The van der Waals surface area contributed by atoms with Crippen molar-refractivity contribution in [2.75, 3.05) is 10.2 Å². The number of carbonyl (C=O) groups is 3. The van der Waals surface area contributed by atoms with Crippen LogP contribution < -0.4 is 10.2 Å². The Balaban J connectivity index is 1.49. The molecule has 1 aliphatic heterocycles. The molecule has 1 saturated carbocycles. The number of allylic oxidation sites excluding steroid dienone is 2. The van der Waals surface area contributed by atoms with E-state index >= 15 is 0 Å². The Bertz CT molecular complexity index is 1140. The predicted octanol–water partition coefficient (Wildman–Crippen LogP) is 4.60. The minimum absolute atomic E-state index is 0.122. The Morgan fingerprint density at radius 3 is 2.57 bits per heavy atom. The van der Waals surface area contributed by atoms with E-state index in [1.165, 1.54) is 10.5 Å². The zero-order valence-electron chi connectivity index (χ0n) is 16.7. The van der Waals surface area contributed by atoms with Gasteiger partial charge >= 0.3 is 0 Å². The summed E-state index contributed by atoms with van der Waals surface area (Å²) in [4.78, 5) is 40.9. The summed E-state index contributed by atoms with van der Waals surface area (Å²) >= 11 is 6.16. The quantitative estimate of drug-likeness (QED) is 0.582. The maximum Gasteiger partial charge on any atom is 0.257 e. The van der Waals surface area contributed by atoms with Gasteiger partial charge in [-0.05, 0) is 61.9 Å². The number of imide groups is 1. The molecule has 2 aromatic carbocycles. The van der Waals surface area contributed by atoms with Crippen LogP contribution in [0.4, 0.5) is 11.4 Å². The first kappa shape index (κ1) is 19.1. The van der Waals surface area contributed by atoms with E-state index in [-0.39, 0.29) is 47.0 Å². The molecule has 1 saturated heterocycles. The minimum Gasteiger partial charge on any atom is -0.322 e.